The second-order valence-electron chi connectivity index (χ2n) is 5.61. The molecule has 0 N–H and O–H groups in total. The molecule has 0 nitrogen and oxygen atoms in total. The minimum absolute atomic E-state index is 0.844. The molecule has 0 aromatic rings. The summed E-state index contributed by atoms with van der Waals surface area (Å²) in [6, 6.07) is 0. The van der Waals surface area contributed by atoms with Crippen LogP contribution in [0.5, 0.6) is 0 Å². The predicted octanol–water partition coefficient (Wildman–Crippen LogP) is 4.90. The summed E-state index contributed by atoms with van der Waals surface area (Å²) in [6.45, 7) is 13.8. The lowest BCUT2D eigenvalue weighted by Crippen LogP contribution is -2.23. The van der Waals surface area contributed by atoms with Crippen molar-refractivity contribution in [3.05, 3.63) is 23.3 Å². The van der Waals surface area contributed by atoms with Crippen LogP contribution in [0.15, 0.2) is 23.3 Å². The molecule has 0 aliphatic heterocycles. The Morgan fingerprint density at radius 3 is 2.13 bits per heavy atom. The van der Waals surface area contributed by atoms with Crippen LogP contribution in [0.4, 0.5) is 0 Å². The molecule has 0 aromatic carbocycles. The highest BCUT2D eigenvalue weighted by atomic mass is 32.2. The molecule has 0 aliphatic carbocycles. The summed E-state index contributed by atoms with van der Waals surface area (Å²) in [4.78, 5) is 0. The van der Waals surface area contributed by atoms with Crippen LogP contribution in [-0.2, 0) is 0 Å². The molecule has 88 valence electrons. The third-order valence-corrected chi connectivity index (χ3v) is 6.60. The molecular formula is C13H26SSi. The zero-order valence-electron chi connectivity index (χ0n) is 11.2. The van der Waals surface area contributed by atoms with Gasteiger partial charge in [0.05, 0.1) is 8.07 Å². The van der Waals surface area contributed by atoms with Gasteiger partial charge >= 0.3 is 0 Å². The van der Waals surface area contributed by atoms with Gasteiger partial charge in [0.2, 0.25) is 0 Å². The van der Waals surface area contributed by atoms with Crippen molar-refractivity contribution in [1.29, 1.82) is 0 Å². The minimum atomic E-state index is -0.844. The summed E-state index contributed by atoms with van der Waals surface area (Å²) >= 11 is 2.09. The molecule has 0 radical (unpaired) electrons. The Morgan fingerprint density at radius 1 is 1.07 bits per heavy atom. The molecule has 0 rings (SSSR count). The fourth-order valence-corrected chi connectivity index (χ4v) is 4.34. The first-order valence-electron chi connectivity index (χ1n) is 5.68. The van der Waals surface area contributed by atoms with Crippen molar-refractivity contribution >= 4 is 19.8 Å². The van der Waals surface area contributed by atoms with Gasteiger partial charge in [-0.2, -0.15) is 11.8 Å². The van der Waals surface area contributed by atoms with E-state index in [1.807, 2.05) is 0 Å². The van der Waals surface area contributed by atoms with Crippen LogP contribution in [0.2, 0.25) is 19.6 Å². The molecule has 0 bridgehead atoms. The van der Waals surface area contributed by atoms with E-state index in [9.17, 15) is 0 Å². The van der Waals surface area contributed by atoms with Crippen molar-refractivity contribution < 1.29 is 0 Å². The molecule has 0 saturated heterocycles. The van der Waals surface area contributed by atoms with Crippen LogP contribution in [0.1, 0.15) is 27.2 Å². The van der Waals surface area contributed by atoms with E-state index in [2.05, 4.69) is 64.3 Å². The van der Waals surface area contributed by atoms with Crippen LogP contribution in [0.3, 0.4) is 0 Å². The Hall–Kier alpha value is 0.0469. The average Bonchev–Trinajstić information content (AvgIpc) is 2.07. The lowest BCUT2D eigenvalue weighted by Gasteiger charge is -2.13. The molecule has 0 unspecified atom stereocenters. The predicted molar refractivity (Wildman–Crippen MR) is 78.5 cm³/mol. The minimum Gasteiger partial charge on any atom is -0.161 e. The van der Waals surface area contributed by atoms with E-state index in [0.717, 1.165) is 6.42 Å². The summed E-state index contributed by atoms with van der Waals surface area (Å²) in [6.07, 6.45) is 5.80. The van der Waals surface area contributed by atoms with Crippen molar-refractivity contribution in [2.45, 2.75) is 46.8 Å². The van der Waals surface area contributed by atoms with Gasteiger partial charge < -0.3 is 0 Å². The fourth-order valence-electron chi connectivity index (χ4n) is 1.01. The van der Waals surface area contributed by atoms with Crippen molar-refractivity contribution in [3.8, 4) is 0 Å². The molecular weight excluding hydrogens is 216 g/mol. The molecule has 0 heterocycles. The first-order chi connectivity index (χ1) is 6.81. The molecule has 0 aliphatic rings. The first kappa shape index (κ1) is 15.0. The summed E-state index contributed by atoms with van der Waals surface area (Å²) in [5, 5.41) is 1.37. The SMILES string of the molecule is CC(C)=CC/C(C)=C/CSC[Si](C)(C)C. The third kappa shape index (κ3) is 12.0. The Labute approximate surface area is 101 Å². The zero-order valence-corrected chi connectivity index (χ0v) is 13.0. The first-order valence-corrected chi connectivity index (χ1v) is 10.5. The standard InChI is InChI=1S/C13H26SSi/c1-12(2)7-8-13(3)9-10-14-11-15(4,5)6/h7,9H,8,10-11H2,1-6H3/b13-9+. The van der Waals surface area contributed by atoms with Crippen LogP contribution < -0.4 is 0 Å². The second kappa shape index (κ2) is 7.34. The second-order valence-corrected chi connectivity index (χ2v) is 12.6. The maximum absolute atomic E-state index is 2.43. The maximum Gasteiger partial charge on any atom is 0.0548 e. The van der Waals surface area contributed by atoms with Gasteiger partial charge in [-0.3, -0.25) is 0 Å². The molecule has 2 heteroatoms. The summed E-state index contributed by atoms with van der Waals surface area (Å²) < 4.78 is 0. The third-order valence-electron chi connectivity index (χ3n) is 1.92. The topological polar surface area (TPSA) is 0 Å². The fraction of sp³-hybridized carbons (Fsp3) is 0.692. The van der Waals surface area contributed by atoms with Gasteiger partial charge in [0.1, 0.15) is 0 Å². The number of allylic oxidation sites excluding steroid dienone is 3. The van der Waals surface area contributed by atoms with E-state index >= 15 is 0 Å². The monoisotopic (exact) mass is 242 g/mol. The average molecular weight is 243 g/mol. The number of rotatable bonds is 6. The van der Waals surface area contributed by atoms with Crippen LogP contribution in [0, 0.1) is 0 Å². The summed E-state index contributed by atoms with van der Waals surface area (Å²) in [5.41, 5.74) is 2.91. The molecule has 0 aromatic heterocycles. The molecule has 0 fully saturated rings. The Balaban J connectivity index is 3.73. The van der Waals surface area contributed by atoms with Crippen LogP contribution in [0.25, 0.3) is 0 Å². The van der Waals surface area contributed by atoms with Gasteiger partial charge in [-0.05, 0) is 32.6 Å². The van der Waals surface area contributed by atoms with Crippen molar-refractivity contribution in [2.75, 3.05) is 11.1 Å². The highest BCUT2D eigenvalue weighted by Crippen LogP contribution is 2.13. The van der Waals surface area contributed by atoms with Gasteiger partial charge in [0.25, 0.3) is 0 Å². The van der Waals surface area contributed by atoms with E-state index in [-0.39, 0.29) is 0 Å². The maximum atomic E-state index is 2.43. The van der Waals surface area contributed by atoms with Crippen molar-refractivity contribution in [3.63, 3.8) is 0 Å². The van der Waals surface area contributed by atoms with Gasteiger partial charge in [-0.1, -0.05) is 42.9 Å². The lowest BCUT2D eigenvalue weighted by atomic mass is 10.1. The van der Waals surface area contributed by atoms with E-state index in [4.69, 9.17) is 0 Å². The number of hydrogen-bond donors (Lipinski definition) is 0. The van der Waals surface area contributed by atoms with Crippen LogP contribution in [-0.4, -0.2) is 19.2 Å². The molecule has 0 saturated carbocycles. The van der Waals surface area contributed by atoms with E-state index in [0.29, 0.717) is 0 Å². The van der Waals surface area contributed by atoms with E-state index in [1.54, 1.807) is 0 Å². The normalized spacial score (nSPS) is 12.8. The number of thioether (sulfide) groups is 1. The largest absolute Gasteiger partial charge is 0.161 e. The quantitative estimate of drug-likeness (QED) is 0.363. The Bertz CT molecular complexity index is 229. The van der Waals surface area contributed by atoms with Crippen LogP contribution >= 0.6 is 11.8 Å². The smallest absolute Gasteiger partial charge is 0.0548 e. The highest BCUT2D eigenvalue weighted by Gasteiger charge is 2.11. The molecule has 0 atom stereocenters. The molecule has 15 heavy (non-hydrogen) atoms. The van der Waals surface area contributed by atoms with Gasteiger partial charge in [-0.25, -0.2) is 0 Å². The zero-order chi connectivity index (χ0) is 11.9. The van der Waals surface area contributed by atoms with Crippen molar-refractivity contribution in [1.82, 2.24) is 0 Å². The number of hydrogen-bond acceptors (Lipinski definition) is 1. The Kier molecular flexibility index (Phi) is 7.36. The highest BCUT2D eigenvalue weighted by molar-refractivity contribution is 8.01. The molecule has 0 amide bonds. The van der Waals surface area contributed by atoms with E-state index in [1.165, 1.54) is 22.3 Å². The molecule has 0 spiro atoms. The van der Waals surface area contributed by atoms with Gasteiger partial charge in [0.15, 0.2) is 0 Å². The lowest BCUT2D eigenvalue weighted by molar-refractivity contribution is 1.17. The Morgan fingerprint density at radius 2 is 1.67 bits per heavy atom. The van der Waals surface area contributed by atoms with Gasteiger partial charge in [-0.15, -0.1) is 0 Å². The van der Waals surface area contributed by atoms with Gasteiger partial charge in [0, 0.05) is 5.75 Å². The van der Waals surface area contributed by atoms with E-state index < -0.39 is 8.07 Å². The van der Waals surface area contributed by atoms with Crippen molar-refractivity contribution in [2.24, 2.45) is 0 Å². The summed E-state index contributed by atoms with van der Waals surface area (Å²) in [7, 11) is -0.844. The summed E-state index contributed by atoms with van der Waals surface area (Å²) in [5.74, 6) is 1.19.